The summed E-state index contributed by atoms with van der Waals surface area (Å²) in [4.78, 5) is 0. The van der Waals surface area contributed by atoms with Crippen molar-refractivity contribution in [1.82, 2.24) is 14.8 Å². The zero-order valence-corrected chi connectivity index (χ0v) is 9.42. The van der Waals surface area contributed by atoms with E-state index in [4.69, 9.17) is 16.3 Å². The molecule has 14 heavy (non-hydrogen) atoms. The van der Waals surface area contributed by atoms with Gasteiger partial charge in [0.1, 0.15) is 5.82 Å². The maximum absolute atomic E-state index is 5.91. The molecule has 0 amide bonds. The van der Waals surface area contributed by atoms with Crippen molar-refractivity contribution in [1.29, 1.82) is 0 Å². The molecule has 0 saturated carbocycles. The molecule has 0 aliphatic heterocycles. The summed E-state index contributed by atoms with van der Waals surface area (Å²) < 4.78 is 6.93. The molecule has 0 fully saturated rings. The predicted octanol–water partition coefficient (Wildman–Crippen LogP) is 1.92. The third-order valence-electron chi connectivity index (χ3n) is 1.99. The number of methoxy groups -OCH3 is 1. The molecule has 80 valence electrons. The van der Waals surface area contributed by atoms with Gasteiger partial charge >= 0.3 is 0 Å². The second-order valence-corrected chi connectivity index (χ2v) is 3.47. The lowest BCUT2D eigenvalue weighted by Crippen LogP contribution is -2.06. The maximum Gasteiger partial charge on any atom is 0.225 e. The molecular weight excluding hydrogens is 202 g/mol. The smallest absolute Gasteiger partial charge is 0.225 e. The molecule has 0 aliphatic carbocycles. The van der Waals surface area contributed by atoms with Crippen molar-refractivity contribution in [2.75, 3.05) is 13.7 Å². The topological polar surface area (TPSA) is 39.9 Å². The zero-order valence-electron chi connectivity index (χ0n) is 8.66. The van der Waals surface area contributed by atoms with Crippen LogP contribution in [0.15, 0.2) is 0 Å². The average Bonchev–Trinajstić information content (AvgIpc) is 2.50. The molecule has 0 unspecified atom stereocenters. The minimum Gasteiger partial charge on any atom is -0.385 e. The number of hydrogen-bond donors (Lipinski definition) is 0. The number of rotatable bonds is 6. The Morgan fingerprint density at radius 3 is 2.86 bits per heavy atom. The number of aromatic nitrogens is 3. The normalized spacial score (nSPS) is 10.8. The van der Waals surface area contributed by atoms with Gasteiger partial charge in [0.15, 0.2) is 0 Å². The van der Waals surface area contributed by atoms with Crippen molar-refractivity contribution in [3.8, 4) is 0 Å². The lowest BCUT2D eigenvalue weighted by Gasteiger charge is -2.05. The SMILES string of the molecule is CCCc1nnc(Cl)n1CCCOC. The number of halogens is 1. The van der Waals surface area contributed by atoms with E-state index in [2.05, 4.69) is 17.1 Å². The van der Waals surface area contributed by atoms with Crippen LogP contribution in [0.1, 0.15) is 25.6 Å². The molecule has 0 radical (unpaired) electrons. The van der Waals surface area contributed by atoms with Gasteiger partial charge in [-0.3, -0.25) is 0 Å². The fraction of sp³-hybridized carbons (Fsp3) is 0.778. The first kappa shape index (κ1) is 11.5. The molecule has 1 aromatic heterocycles. The van der Waals surface area contributed by atoms with Gasteiger partial charge in [-0.2, -0.15) is 0 Å². The molecule has 0 atom stereocenters. The van der Waals surface area contributed by atoms with Gasteiger partial charge in [-0.25, -0.2) is 0 Å². The van der Waals surface area contributed by atoms with Gasteiger partial charge in [-0.1, -0.05) is 6.92 Å². The third kappa shape index (κ3) is 2.96. The number of ether oxygens (including phenoxy) is 1. The lowest BCUT2D eigenvalue weighted by atomic mass is 10.3. The summed E-state index contributed by atoms with van der Waals surface area (Å²) in [5, 5.41) is 8.35. The van der Waals surface area contributed by atoms with Crippen LogP contribution < -0.4 is 0 Å². The molecule has 0 spiro atoms. The molecule has 0 N–H and O–H groups in total. The van der Waals surface area contributed by atoms with Crippen molar-refractivity contribution in [2.24, 2.45) is 0 Å². The van der Waals surface area contributed by atoms with E-state index in [1.54, 1.807) is 7.11 Å². The van der Waals surface area contributed by atoms with Crippen LogP contribution in [-0.2, 0) is 17.7 Å². The Bertz CT molecular complexity index is 275. The first-order valence-electron chi connectivity index (χ1n) is 4.86. The van der Waals surface area contributed by atoms with E-state index in [0.717, 1.165) is 38.2 Å². The quantitative estimate of drug-likeness (QED) is 0.684. The molecule has 1 aromatic rings. The Kier molecular flexibility index (Phi) is 4.90. The maximum atomic E-state index is 5.91. The minimum absolute atomic E-state index is 0.476. The zero-order chi connectivity index (χ0) is 10.4. The van der Waals surface area contributed by atoms with Crippen molar-refractivity contribution in [2.45, 2.75) is 32.7 Å². The Labute approximate surface area is 89.2 Å². The van der Waals surface area contributed by atoms with Crippen LogP contribution in [0.5, 0.6) is 0 Å². The highest BCUT2D eigenvalue weighted by Crippen LogP contribution is 2.10. The van der Waals surface area contributed by atoms with Gasteiger partial charge in [0.25, 0.3) is 0 Å². The summed E-state index contributed by atoms with van der Waals surface area (Å²) >= 11 is 5.91. The third-order valence-corrected chi connectivity index (χ3v) is 2.27. The summed E-state index contributed by atoms with van der Waals surface area (Å²) in [7, 11) is 1.70. The molecule has 5 heteroatoms. The second-order valence-electron chi connectivity index (χ2n) is 3.13. The van der Waals surface area contributed by atoms with Crippen molar-refractivity contribution in [3.05, 3.63) is 11.1 Å². The van der Waals surface area contributed by atoms with E-state index in [1.807, 2.05) is 4.57 Å². The summed E-state index contributed by atoms with van der Waals surface area (Å²) in [5.41, 5.74) is 0. The monoisotopic (exact) mass is 217 g/mol. The van der Waals surface area contributed by atoms with E-state index in [0.29, 0.717) is 5.28 Å². The van der Waals surface area contributed by atoms with Gasteiger partial charge in [0, 0.05) is 26.7 Å². The molecule has 0 saturated heterocycles. The van der Waals surface area contributed by atoms with Crippen LogP contribution in [0, 0.1) is 0 Å². The van der Waals surface area contributed by atoms with E-state index in [9.17, 15) is 0 Å². The van der Waals surface area contributed by atoms with E-state index >= 15 is 0 Å². The fourth-order valence-corrected chi connectivity index (χ4v) is 1.53. The Balaban J connectivity index is 2.57. The van der Waals surface area contributed by atoms with Gasteiger partial charge in [0.2, 0.25) is 5.28 Å². The first-order valence-corrected chi connectivity index (χ1v) is 5.24. The molecule has 4 nitrogen and oxygen atoms in total. The second kappa shape index (κ2) is 5.98. The van der Waals surface area contributed by atoms with Crippen LogP contribution in [0.3, 0.4) is 0 Å². The molecule has 1 rings (SSSR count). The Morgan fingerprint density at radius 1 is 1.43 bits per heavy atom. The van der Waals surface area contributed by atoms with E-state index in [1.165, 1.54) is 0 Å². The standard InChI is InChI=1S/C9H16ClN3O/c1-3-5-8-11-12-9(10)13(8)6-4-7-14-2/h3-7H2,1-2H3. The van der Waals surface area contributed by atoms with Crippen LogP contribution in [-0.4, -0.2) is 28.5 Å². The summed E-state index contributed by atoms with van der Waals surface area (Å²) in [5.74, 6) is 0.966. The van der Waals surface area contributed by atoms with Crippen LogP contribution in [0.25, 0.3) is 0 Å². The van der Waals surface area contributed by atoms with Crippen molar-refractivity contribution >= 4 is 11.6 Å². The van der Waals surface area contributed by atoms with E-state index < -0.39 is 0 Å². The molecule has 0 aromatic carbocycles. The van der Waals surface area contributed by atoms with Crippen LogP contribution in [0.4, 0.5) is 0 Å². The molecule has 1 heterocycles. The number of aryl methyl sites for hydroxylation is 1. The van der Waals surface area contributed by atoms with Crippen molar-refractivity contribution in [3.63, 3.8) is 0 Å². The highest BCUT2D eigenvalue weighted by molar-refractivity contribution is 6.28. The fourth-order valence-electron chi connectivity index (χ4n) is 1.31. The summed E-state index contributed by atoms with van der Waals surface area (Å²) in [6.07, 6.45) is 2.91. The lowest BCUT2D eigenvalue weighted by molar-refractivity contribution is 0.190. The van der Waals surface area contributed by atoms with Gasteiger partial charge < -0.3 is 9.30 Å². The number of hydrogen-bond acceptors (Lipinski definition) is 3. The van der Waals surface area contributed by atoms with Crippen LogP contribution >= 0.6 is 11.6 Å². The molecule has 0 bridgehead atoms. The highest BCUT2D eigenvalue weighted by Gasteiger charge is 2.08. The summed E-state index contributed by atoms with van der Waals surface area (Å²) in [6.45, 7) is 3.68. The highest BCUT2D eigenvalue weighted by atomic mass is 35.5. The van der Waals surface area contributed by atoms with Crippen LogP contribution in [0.2, 0.25) is 5.28 Å². The van der Waals surface area contributed by atoms with Gasteiger partial charge in [-0.05, 0) is 24.4 Å². The van der Waals surface area contributed by atoms with Crippen molar-refractivity contribution < 1.29 is 4.74 Å². The van der Waals surface area contributed by atoms with E-state index in [-0.39, 0.29) is 0 Å². The van der Waals surface area contributed by atoms with Gasteiger partial charge in [-0.15, -0.1) is 10.2 Å². The minimum atomic E-state index is 0.476. The Morgan fingerprint density at radius 2 is 2.21 bits per heavy atom. The summed E-state index contributed by atoms with van der Waals surface area (Å²) in [6, 6.07) is 0. The average molecular weight is 218 g/mol. The largest absolute Gasteiger partial charge is 0.385 e. The molecular formula is C9H16ClN3O. The van der Waals surface area contributed by atoms with Gasteiger partial charge in [0.05, 0.1) is 0 Å². The Hall–Kier alpha value is -0.610. The number of nitrogens with zero attached hydrogens (tertiary/aromatic N) is 3. The molecule has 0 aliphatic rings. The first-order chi connectivity index (χ1) is 6.79. The predicted molar refractivity (Wildman–Crippen MR) is 55.5 cm³/mol.